The van der Waals surface area contributed by atoms with Crippen molar-refractivity contribution in [3.63, 3.8) is 0 Å². The lowest BCUT2D eigenvalue weighted by atomic mass is 10.3. The van der Waals surface area contributed by atoms with Crippen molar-refractivity contribution in [3.05, 3.63) is 60.8 Å². The molecule has 0 unspecified atom stereocenters. The van der Waals surface area contributed by atoms with Crippen molar-refractivity contribution in [1.82, 2.24) is 29.3 Å². The number of halogens is 1. The van der Waals surface area contributed by atoms with Crippen LogP contribution in [0.15, 0.2) is 49.2 Å². The Morgan fingerprint density at radius 2 is 1.91 bits per heavy atom. The van der Waals surface area contributed by atoms with E-state index in [0.717, 1.165) is 11.1 Å². The number of benzene rings is 1. The van der Waals surface area contributed by atoms with E-state index in [2.05, 4.69) is 20.1 Å². The standard InChI is InChI=1S/C15H11FN6/c1-10-19-14(21-7-6-17-9-21)13-8-18-22(15(13)20-10)12-4-2-11(16)3-5-12/h2-9H,1H3. The highest BCUT2D eigenvalue weighted by atomic mass is 19.1. The number of nitrogens with zero attached hydrogens (tertiary/aromatic N) is 6. The van der Waals surface area contributed by atoms with E-state index in [0.29, 0.717) is 17.3 Å². The molecule has 7 heteroatoms. The van der Waals surface area contributed by atoms with Crippen LogP contribution in [0.25, 0.3) is 22.5 Å². The maximum Gasteiger partial charge on any atom is 0.168 e. The van der Waals surface area contributed by atoms with Crippen molar-refractivity contribution in [2.24, 2.45) is 0 Å². The highest BCUT2D eigenvalue weighted by Gasteiger charge is 2.13. The third-order valence-corrected chi connectivity index (χ3v) is 3.34. The van der Waals surface area contributed by atoms with E-state index >= 15 is 0 Å². The topological polar surface area (TPSA) is 61.4 Å². The van der Waals surface area contributed by atoms with Crippen LogP contribution < -0.4 is 0 Å². The number of fused-ring (bicyclic) bond motifs is 1. The van der Waals surface area contributed by atoms with E-state index in [-0.39, 0.29) is 5.82 Å². The molecule has 0 fully saturated rings. The van der Waals surface area contributed by atoms with Crippen LogP contribution in [0.2, 0.25) is 0 Å². The Kier molecular flexibility index (Phi) is 2.72. The number of aryl methyl sites for hydroxylation is 1. The van der Waals surface area contributed by atoms with Gasteiger partial charge in [0.25, 0.3) is 0 Å². The Balaban J connectivity index is 1.98. The third kappa shape index (κ3) is 1.95. The number of aromatic nitrogens is 6. The summed E-state index contributed by atoms with van der Waals surface area (Å²) >= 11 is 0. The van der Waals surface area contributed by atoms with Gasteiger partial charge in [0.15, 0.2) is 11.5 Å². The summed E-state index contributed by atoms with van der Waals surface area (Å²) in [5.41, 5.74) is 1.41. The van der Waals surface area contributed by atoms with Crippen LogP contribution in [-0.4, -0.2) is 29.3 Å². The lowest BCUT2D eigenvalue weighted by Gasteiger charge is -2.06. The zero-order chi connectivity index (χ0) is 15.1. The van der Waals surface area contributed by atoms with Gasteiger partial charge in [-0.1, -0.05) is 0 Å². The van der Waals surface area contributed by atoms with Crippen LogP contribution >= 0.6 is 0 Å². The molecule has 0 radical (unpaired) electrons. The Labute approximate surface area is 124 Å². The first-order valence-electron chi connectivity index (χ1n) is 6.69. The molecule has 1 aromatic carbocycles. The van der Waals surface area contributed by atoms with Gasteiger partial charge in [-0.15, -0.1) is 0 Å². The van der Waals surface area contributed by atoms with E-state index in [4.69, 9.17) is 0 Å². The quantitative estimate of drug-likeness (QED) is 0.569. The molecule has 0 atom stereocenters. The van der Waals surface area contributed by atoms with E-state index < -0.39 is 0 Å². The van der Waals surface area contributed by atoms with Crippen LogP contribution in [0.5, 0.6) is 0 Å². The molecule has 6 nitrogen and oxygen atoms in total. The minimum atomic E-state index is -0.287. The molecular weight excluding hydrogens is 283 g/mol. The van der Waals surface area contributed by atoms with Crippen LogP contribution in [0, 0.1) is 12.7 Å². The number of hydrogen-bond acceptors (Lipinski definition) is 4. The fraction of sp³-hybridized carbons (Fsp3) is 0.0667. The van der Waals surface area contributed by atoms with Gasteiger partial charge in [-0.05, 0) is 31.2 Å². The molecule has 3 aromatic heterocycles. The average Bonchev–Trinajstić information content (AvgIpc) is 3.16. The van der Waals surface area contributed by atoms with E-state index in [1.807, 2.05) is 17.7 Å². The van der Waals surface area contributed by atoms with Crippen molar-refractivity contribution in [2.45, 2.75) is 6.92 Å². The maximum absolute atomic E-state index is 13.1. The predicted molar refractivity (Wildman–Crippen MR) is 78.5 cm³/mol. The molecule has 22 heavy (non-hydrogen) atoms. The minimum absolute atomic E-state index is 0.287. The predicted octanol–water partition coefficient (Wildman–Crippen LogP) is 2.45. The second kappa shape index (κ2) is 4.73. The highest BCUT2D eigenvalue weighted by molar-refractivity contribution is 5.83. The normalized spacial score (nSPS) is 11.2. The third-order valence-electron chi connectivity index (χ3n) is 3.34. The van der Waals surface area contributed by atoms with E-state index in [1.165, 1.54) is 12.1 Å². The molecule has 0 N–H and O–H groups in total. The van der Waals surface area contributed by atoms with Crippen LogP contribution in [0.3, 0.4) is 0 Å². The molecule has 0 aliphatic heterocycles. The first-order chi connectivity index (χ1) is 10.7. The smallest absolute Gasteiger partial charge is 0.168 e. The first kappa shape index (κ1) is 12.6. The number of imidazole rings is 1. The molecule has 0 aliphatic carbocycles. The maximum atomic E-state index is 13.1. The van der Waals surface area contributed by atoms with Crippen molar-refractivity contribution in [1.29, 1.82) is 0 Å². The minimum Gasteiger partial charge on any atom is -0.290 e. The molecule has 0 bridgehead atoms. The van der Waals surface area contributed by atoms with Gasteiger partial charge in [0.05, 0.1) is 17.3 Å². The largest absolute Gasteiger partial charge is 0.290 e. The fourth-order valence-electron chi connectivity index (χ4n) is 2.35. The van der Waals surface area contributed by atoms with Crippen molar-refractivity contribution in [3.8, 4) is 11.5 Å². The van der Waals surface area contributed by atoms with Crippen molar-refractivity contribution < 1.29 is 4.39 Å². The van der Waals surface area contributed by atoms with Gasteiger partial charge in [0, 0.05) is 12.4 Å². The van der Waals surface area contributed by atoms with Gasteiger partial charge in [0.1, 0.15) is 18.0 Å². The molecule has 108 valence electrons. The molecule has 0 saturated heterocycles. The first-order valence-corrected chi connectivity index (χ1v) is 6.69. The zero-order valence-corrected chi connectivity index (χ0v) is 11.7. The lowest BCUT2D eigenvalue weighted by molar-refractivity contribution is 0.627. The molecule has 0 amide bonds. The summed E-state index contributed by atoms with van der Waals surface area (Å²) in [6.07, 6.45) is 6.88. The van der Waals surface area contributed by atoms with Gasteiger partial charge in [-0.3, -0.25) is 4.57 Å². The van der Waals surface area contributed by atoms with Gasteiger partial charge in [-0.25, -0.2) is 24.0 Å². The fourth-order valence-corrected chi connectivity index (χ4v) is 2.35. The average molecular weight is 294 g/mol. The SMILES string of the molecule is Cc1nc(-n2ccnc2)c2cnn(-c3ccc(F)cc3)c2n1. The second-order valence-corrected chi connectivity index (χ2v) is 4.83. The van der Waals surface area contributed by atoms with Crippen molar-refractivity contribution >= 4 is 11.0 Å². The van der Waals surface area contributed by atoms with Crippen LogP contribution in [0.4, 0.5) is 4.39 Å². The Morgan fingerprint density at radius 3 is 2.64 bits per heavy atom. The van der Waals surface area contributed by atoms with Crippen LogP contribution in [0.1, 0.15) is 5.82 Å². The molecule has 0 spiro atoms. The summed E-state index contributed by atoms with van der Waals surface area (Å²) in [7, 11) is 0. The van der Waals surface area contributed by atoms with Gasteiger partial charge in [-0.2, -0.15) is 5.10 Å². The number of hydrogen-bond donors (Lipinski definition) is 0. The van der Waals surface area contributed by atoms with Crippen molar-refractivity contribution in [2.75, 3.05) is 0 Å². The summed E-state index contributed by atoms with van der Waals surface area (Å²) in [5.74, 6) is 1.05. The molecule has 4 rings (SSSR count). The highest BCUT2D eigenvalue weighted by Crippen LogP contribution is 2.22. The van der Waals surface area contributed by atoms with Crippen LogP contribution in [-0.2, 0) is 0 Å². The Bertz CT molecular complexity index is 940. The zero-order valence-electron chi connectivity index (χ0n) is 11.7. The Morgan fingerprint density at radius 1 is 1.09 bits per heavy atom. The molecule has 0 aliphatic rings. The summed E-state index contributed by atoms with van der Waals surface area (Å²) in [5, 5.41) is 5.16. The summed E-state index contributed by atoms with van der Waals surface area (Å²) < 4.78 is 16.6. The lowest BCUT2D eigenvalue weighted by Crippen LogP contribution is -2.03. The molecule has 3 heterocycles. The van der Waals surface area contributed by atoms with E-state index in [9.17, 15) is 4.39 Å². The Hall–Kier alpha value is -3.09. The second-order valence-electron chi connectivity index (χ2n) is 4.83. The number of rotatable bonds is 2. The van der Waals surface area contributed by atoms with Gasteiger partial charge < -0.3 is 0 Å². The van der Waals surface area contributed by atoms with E-state index in [1.54, 1.807) is 35.5 Å². The summed E-state index contributed by atoms with van der Waals surface area (Å²) in [4.78, 5) is 13.0. The molecule has 4 aromatic rings. The molecule has 0 saturated carbocycles. The van der Waals surface area contributed by atoms with Gasteiger partial charge in [0.2, 0.25) is 0 Å². The van der Waals surface area contributed by atoms with Gasteiger partial charge >= 0.3 is 0 Å². The summed E-state index contributed by atoms with van der Waals surface area (Å²) in [6.45, 7) is 1.82. The molecular formula is C15H11FN6. The monoisotopic (exact) mass is 294 g/mol. The summed E-state index contributed by atoms with van der Waals surface area (Å²) in [6, 6.07) is 6.12.